The molecule has 17 heavy (non-hydrogen) atoms. The van der Waals surface area contributed by atoms with E-state index >= 15 is 0 Å². The minimum Gasteiger partial charge on any atom is -0.372 e. The molecule has 0 aromatic heterocycles. The summed E-state index contributed by atoms with van der Waals surface area (Å²) in [5.74, 6) is 0.713. The first-order valence-corrected chi connectivity index (χ1v) is 7.06. The Morgan fingerprint density at radius 2 is 1.94 bits per heavy atom. The van der Waals surface area contributed by atoms with Crippen molar-refractivity contribution in [2.24, 2.45) is 11.7 Å². The number of likely N-dealkylation sites (tertiary alicyclic amines) is 2. The highest BCUT2D eigenvalue weighted by Gasteiger charge is 2.29. The average Bonchev–Trinajstić information content (AvgIpc) is 2.78. The van der Waals surface area contributed by atoms with Crippen LogP contribution in [0.5, 0.6) is 0 Å². The van der Waals surface area contributed by atoms with Gasteiger partial charge in [-0.05, 0) is 58.8 Å². The number of nitrogens with two attached hydrogens (primary N) is 1. The Morgan fingerprint density at radius 1 is 1.24 bits per heavy atom. The second-order valence-corrected chi connectivity index (χ2v) is 5.64. The van der Waals surface area contributed by atoms with Gasteiger partial charge in [0.25, 0.3) is 0 Å². The number of allylic oxidation sites excluding steroid dienone is 1. The van der Waals surface area contributed by atoms with E-state index in [1.807, 2.05) is 0 Å². The molecule has 0 aromatic rings. The van der Waals surface area contributed by atoms with E-state index in [1.165, 1.54) is 51.0 Å². The van der Waals surface area contributed by atoms with Crippen LogP contribution in [0.3, 0.4) is 0 Å². The fourth-order valence-electron chi connectivity index (χ4n) is 3.28. The number of rotatable bonds is 4. The zero-order valence-electron chi connectivity index (χ0n) is 11.2. The predicted molar refractivity (Wildman–Crippen MR) is 72.8 cm³/mol. The minimum absolute atomic E-state index is 0.673. The summed E-state index contributed by atoms with van der Waals surface area (Å²) in [5, 5.41) is 0. The summed E-state index contributed by atoms with van der Waals surface area (Å²) in [6.07, 6.45) is 6.31. The fraction of sp³-hybridized carbons (Fsp3) is 0.857. The minimum atomic E-state index is 0.673. The Kier molecular flexibility index (Phi) is 4.46. The van der Waals surface area contributed by atoms with E-state index in [0.717, 1.165) is 13.0 Å². The van der Waals surface area contributed by atoms with Gasteiger partial charge in [-0.25, -0.2) is 0 Å². The predicted octanol–water partition coefficient (Wildman–Crippen LogP) is 1.66. The molecule has 2 N–H and O–H groups in total. The third-order valence-electron chi connectivity index (χ3n) is 4.44. The van der Waals surface area contributed by atoms with Crippen molar-refractivity contribution in [1.29, 1.82) is 0 Å². The zero-order valence-corrected chi connectivity index (χ0v) is 11.2. The quantitative estimate of drug-likeness (QED) is 0.807. The van der Waals surface area contributed by atoms with Crippen molar-refractivity contribution in [1.82, 2.24) is 9.80 Å². The van der Waals surface area contributed by atoms with Gasteiger partial charge < -0.3 is 15.5 Å². The molecule has 1 unspecified atom stereocenters. The van der Waals surface area contributed by atoms with E-state index in [1.54, 1.807) is 0 Å². The van der Waals surface area contributed by atoms with Crippen LogP contribution in [0.4, 0.5) is 0 Å². The van der Waals surface area contributed by atoms with Crippen molar-refractivity contribution in [3.8, 4) is 0 Å². The number of hydrogen-bond acceptors (Lipinski definition) is 3. The van der Waals surface area contributed by atoms with Crippen LogP contribution in [-0.2, 0) is 0 Å². The Hall–Kier alpha value is -0.540. The van der Waals surface area contributed by atoms with Crippen LogP contribution < -0.4 is 5.73 Å². The standard InChI is InChI=1S/C14H27N3/c1-12(13-6-10-16(2)11-7-13)17-9-3-4-14(17)5-8-15/h13-14H,1,3-11,15H2,2H3. The molecule has 2 heterocycles. The molecular weight excluding hydrogens is 210 g/mol. The molecule has 3 heteroatoms. The van der Waals surface area contributed by atoms with Crippen molar-refractivity contribution in [2.45, 2.75) is 38.1 Å². The van der Waals surface area contributed by atoms with Gasteiger partial charge in [-0.2, -0.15) is 0 Å². The van der Waals surface area contributed by atoms with Crippen LogP contribution in [0.15, 0.2) is 12.3 Å². The second-order valence-electron chi connectivity index (χ2n) is 5.64. The summed E-state index contributed by atoms with van der Waals surface area (Å²) in [6, 6.07) is 0.673. The molecule has 0 amide bonds. The lowest BCUT2D eigenvalue weighted by atomic mass is 9.93. The largest absolute Gasteiger partial charge is 0.372 e. The Labute approximate surface area is 106 Å². The molecule has 0 spiro atoms. The summed E-state index contributed by atoms with van der Waals surface area (Å²) >= 11 is 0. The van der Waals surface area contributed by atoms with Crippen LogP contribution >= 0.6 is 0 Å². The van der Waals surface area contributed by atoms with Crippen LogP contribution in [0.2, 0.25) is 0 Å². The Balaban J connectivity index is 1.90. The van der Waals surface area contributed by atoms with E-state index < -0.39 is 0 Å². The van der Waals surface area contributed by atoms with Gasteiger partial charge in [0, 0.05) is 24.2 Å². The van der Waals surface area contributed by atoms with Crippen LogP contribution in [-0.4, -0.2) is 49.1 Å². The van der Waals surface area contributed by atoms with Gasteiger partial charge >= 0.3 is 0 Å². The van der Waals surface area contributed by atoms with Crippen LogP contribution in [0, 0.1) is 5.92 Å². The molecule has 0 aromatic carbocycles. The highest BCUT2D eigenvalue weighted by atomic mass is 15.2. The van der Waals surface area contributed by atoms with Gasteiger partial charge in [-0.3, -0.25) is 0 Å². The summed E-state index contributed by atoms with van der Waals surface area (Å²) in [4.78, 5) is 4.98. The summed E-state index contributed by atoms with van der Waals surface area (Å²) in [5.41, 5.74) is 7.10. The first kappa shape index (κ1) is 12.9. The molecule has 2 saturated heterocycles. The van der Waals surface area contributed by atoms with Crippen LogP contribution in [0.1, 0.15) is 32.1 Å². The zero-order chi connectivity index (χ0) is 12.3. The number of hydrogen-bond donors (Lipinski definition) is 1. The van der Waals surface area contributed by atoms with E-state index in [0.29, 0.717) is 12.0 Å². The van der Waals surface area contributed by atoms with Crippen molar-refractivity contribution in [3.05, 3.63) is 12.3 Å². The van der Waals surface area contributed by atoms with E-state index in [4.69, 9.17) is 5.73 Å². The molecule has 98 valence electrons. The van der Waals surface area contributed by atoms with E-state index in [9.17, 15) is 0 Å². The van der Waals surface area contributed by atoms with Crippen molar-refractivity contribution in [3.63, 3.8) is 0 Å². The number of piperidine rings is 1. The first-order chi connectivity index (χ1) is 8.22. The van der Waals surface area contributed by atoms with Gasteiger partial charge in [0.05, 0.1) is 0 Å². The smallest absolute Gasteiger partial charge is 0.0299 e. The van der Waals surface area contributed by atoms with E-state index in [2.05, 4.69) is 23.4 Å². The molecule has 2 aliphatic heterocycles. The molecule has 2 aliphatic rings. The number of nitrogens with zero attached hydrogens (tertiary/aromatic N) is 2. The summed E-state index contributed by atoms with van der Waals surface area (Å²) in [7, 11) is 2.21. The SMILES string of the molecule is C=C(C1CCN(C)CC1)N1CCCC1CCN. The van der Waals surface area contributed by atoms with E-state index in [-0.39, 0.29) is 0 Å². The lowest BCUT2D eigenvalue weighted by Crippen LogP contribution is -2.37. The molecule has 3 nitrogen and oxygen atoms in total. The maximum absolute atomic E-state index is 5.70. The lowest BCUT2D eigenvalue weighted by Gasteiger charge is -2.37. The van der Waals surface area contributed by atoms with Gasteiger partial charge in [0.15, 0.2) is 0 Å². The molecular formula is C14H27N3. The summed E-state index contributed by atoms with van der Waals surface area (Å²) < 4.78 is 0. The van der Waals surface area contributed by atoms with Crippen molar-refractivity contribution >= 4 is 0 Å². The molecule has 2 rings (SSSR count). The van der Waals surface area contributed by atoms with Gasteiger partial charge in [-0.15, -0.1) is 0 Å². The normalized spacial score (nSPS) is 27.6. The van der Waals surface area contributed by atoms with Crippen molar-refractivity contribution < 1.29 is 0 Å². The molecule has 2 fully saturated rings. The van der Waals surface area contributed by atoms with Gasteiger partial charge in [0.1, 0.15) is 0 Å². The monoisotopic (exact) mass is 237 g/mol. The van der Waals surface area contributed by atoms with Crippen molar-refractivity contribution in [2.75, 3.05) is 33.2 Å². The maximum Gasteiger partial charge on any atom is 0.0299 e. The molecule has 0 bridgehead atoms. The first-order valence-electron chi connectivity index (χ1n) is 7.06. The van der Waals surface area contributed by atoms with Gasteiger partial charge in [0.2, 0.25) is 0 Å². The Bertz CT molecular complexity index is 256. The van der Waals surface area contributed by atoms with Gasteiger partial charge in [-0.1, -0.05) is 6.58 Å². The third-order valence-corrected chi connectivity index (χ3v) is 4.44. The molecule has 0 saturated carbocycles. The highest BCUT2D eigenvalue weighted by molar-refractivity contribution is 5.06. The topological polar surface area (TPSA) is 32.5 Å². The lowest BCUT2D eigenvalue weighted by molar-refractivity contribution is 0.196. The second kappa shape index (κ2) is 5.87. The molecule has 1 atom stereocenters. The fourth-order valence-corrected chi connectivity index (χ4v) is 3.28. The molecule has 0 radical (unpaired) electrons. The summed E-state index contributed by atoms with van der Waals surface area (Å²) in [6.45, 7) is 8.84. The highest BCUT2D eigenvalue weighted by Crippen LogP contribution is 2.31. The third kappa shape index (κ3) is 3.02. The maximum atomic E-state index is 5.70. The molecule has 0 aliphatic carbocycles. The van der Waals surface area contributed by atoms with Crippen LogP contribution in [0.25, 0.3) is 0 Å². The average molecular weight is 237 g/mol. The Morgan fingerprint density at radius 3 is 2.59 bits per heavy atom.